The quantitative estimate of drug-likeness (QED) is 0.793. The standard InChI is InChI=1S/C11H16ClN/c1-3-10-9(7-8(2)13)5-4-6-11(10)12/h4-6,8H,3,7,13H2,1-2H3. The Hall–Kier alpha value is -0.530. The van der Waals surface area contributed by atoms with E-state index in [4.69, 9.17) is 17.3 Å². The van der Waals surface area contributed by atoms with Crippen LogP contribution >= 0.6 is 11.6 Å². The molecule has 72 valence electrons. The van der Waals surface area contributed by atoms with Crippen molar-refractivity contribution in [3.8, 4) is 0 Å². The first-order chi connectivity index (χ1) is 6.15. The van der Waals surface area contributed by atoms with Crippen molar-refractivity contribution in [2.45, 2.75) is 32.7 Å². The summed E-state index contributed by atoms with van der Waals surface area (Å²) in [6.07, 6.45) is 1.88. The zero-order valence-electron chi connectivity index (χ0n) is 8.18. The van der Waals surface area contributed by atoms with E-state index in [0.29, 0.717) is 0 Å². The average molecular weight is 198 g/mol. The maximum atomic E-state index is 6.07. The van der Waals surface area contributed by atoms with E-state index in [1.807, 2.05) is 19.1 Å². The summed E-state index contributed by atoms with van der Waals surface area (Å²) in [7, 11) is 0. The zero-order valence-corrected chi connectivity index (χ0v) is 8.93. The molecule has 1 unspecified atom stereocenters. The number of rotatable bonds is 3. The molecule has 1 atom stereocenters. The molecule has 0 aliphatic rings. The van der Waals surface area contributed by atoms with Gasteiger partial charge in [-0.3, -0.25) is 0 Å². The van der Waals surface area contributed by atoms with Gasteiger partial charge < -0.3 is 5.73 Å². The molecule has 1 aromatic carbocycles. The second-order valence-electron chi connectivity index (χ2n) is 3.41. The van der Waals surface area contributed by atoms with Crippen LogP contribution in [0.1, 0.15) is 25.0 Å². The van der Waals surface area contributed by atoms with Crippen LogP contribution < -0.4 is 5.73 Å². The molecule has 2 heteroatoms. The predicted molar refractivity (Wildman–Crippen MR) is 58.2 cm³/mol. The molecule has 0 spiro atoms. The second-order valence-corrected chi connectivity index (χ2v) is 3.82. The van der Waals surface area contributed by atoms with E-state index >= 15 is 0 Å². The van der Waals surface area contributed by atoms with Crippen LogP contribution in [0.4, 0.5) is 0 Å². The Labute approximate surface area is 84.9 Å². The second kappa shape index (κ2) is 4.64. The fraction of sp³-hybridized carbons (Fsp3) is 0.455. The van der Waals surface area contributed by atoms with Gasteiger partial charge in [0.2, 0.25) is 0 Å². The van der Waals surface area contributed by atoms with Gasteiger partial charge in [0.15, 0.2) is 0 Å². The van der Waals surface area contributed by atoms with Crippen LogP contribution in [0.15, 0.2) is 18.2 Å². The van der Waals surface area contributed by atoms with E-state index in [2.05, 4.69) is 13.0 Å². The first-order valence-electron chi connectivity index (χ1n) is 4.67. The summed E-state index contributed by atoms with van der Waals surface area (Å²) in [6, 6.07) is 6.22. The molecule has 0 saturated heterocycles. The molecule has 0 aromatic heterocycles. The van der Waals surface area contributed by atoms with E-state index in [1.54, 1.807) is 0 Å². The highest BCUT2D eigenvalue weighted by atomic mass is 35.5. The fourth-order valence-corrected chi connectivity index (χ4v) is 1.87. The lowest BCUT2D eigenvalue weighted by molar-refractivity contribution is 0.732. The molecule has 0 fully saturated rings. The normalized spacial score (nSPS) is 12.9. The third-order valence-electron chi connectivity index (χ3n) is 2.11. The molecule has 1 nitrogen and oxygen atoms in total. The Morgan fingerprint density at radius 3 is 2.69 bits per heavy atom. The maximum Gasteiger partial charge on any atom is 0.0440 e. The molecular formula is C11H16ClN. The van der Waals surface area contributed by atoms with Gasteiger partial charge in [-0.1, -0.05) is 30.7 Å². The van der Waals surface area contributed by atoms with Gasteiger partial charge in [0.25, 0.3) is 0 Å². The first kappa shape index (κ1) is 10.6. The summed E-state index contributed by atoms with van der Waals surface area (Å²) in [5.74, 6) is 0. The highest BCUT2D eigenvalue weighted by Gasteiger charge is 2.06. The first-order valence-corrected chi connectivity index (χ1v) is 5.04. The smallest absolute Gasteiger partial charge is 0.0440 e. The lowest BCUT2D eigenvalue weighted by Crippen LogP contribution is -2.18. The van der Waals surface area contributed by atoms with Crippen LogP contribution in [0.2, 0.25) is 5.02 Å². The van der Waals surface area contributed by atoms with Crippen LogP contribution in [0.3, 0.4) is 0 Å². The molecule has 0 aliphatic heterocycles. The van der Waals surface area contributed by atoms with Crippen LogP contribution in [0.5, 0.6) is 0 Å². The van der Waals surface area contributed by atoms with Gasteiger partial charge in [-0.05, 0) is 37.0 Å². The summed E-state index contributed by atoms with van der Waals surface area (Å²) in [5.41, 5.74) is 8.27. The van der Waals surface area contributed by atoms with E-state index in [-0.39, 0.29) is 6.04 Å². The number of hydrogen-bond donors (Lipinski definition) is 1. The van der Waals surface area contributed by atoms with E-state index in [0.717, 1.165) is 17.9 Å². The summed E-state index contributed by atoms with van der Waals surface area (Å²) in [6.45, 7) is 4.13. The van der Waals surface area contributed by atoms with Crippen molar-refractivity contribution in [3.63, 3.8) is 0 Å². The number of benzene rings is 1. The van der Waals surface area contributed by atoms with Gasteiger partial charge in [0.05, 0.1) is 0 Å². The van der Waals surface area contributed by atoms with Crippen molar-refractivity contribution < 1.29 is 0 Å². The van der Waals surface area contributed by atoms with Crippen molar-refractivity contribution in [1.29, 1.82) is 0 Å². The van der Waals surface area contributed by atoms with Crippen LogP contribution in [-0.2, 0) is 12.8 Å². The fourth-order valence-electron chi connectivity index (χ4n) is 1.54. The van der Waals surface area contributed by atoms with E-state index in [1.165, 1.54) is 11.1 Å². The zero-order chi connectivity index (χ0) is 9.84. The van der Waals surface area contributed by atoms with Crippen molar-refractivity contribution in [2.24, 2.45) is 5.73 Å². The predicted octanol–water partition coefficient (Wildman–Crippen LogP) is 2.79. The van der Waals surface area contributed by atoms with Gasteiger partial charge >= 0.3 is 0 Å². The van der Waals surface area contributed by atoms with Gasteiger partial charge in [0.1, 0.15) is 0 Å². The summed E-state index contributed by atoms with van der Waals surface area (Å²) >= 11 is 6.07. The molecule has 0 saturated carbocycles. The Morgan fingerprint density at radius 1 is 1.46 bits per heavy atom. The lowest BCUT2D eigenvalue weighted by atomic mass is 10.00. The minimum Gasteiger partial charge on any atom is -0.328 e. The molecule has 1 aromatic rings. The number of nitrogens with two attached hydrogens (primary N) is 1. The minimum atomic E-state index is 0.198. The molecule has 1 rings (SSSR count). The largest absolute Gasteiger partial charge is 0.328 e. The third-order valence-corrected chi connectivity index (χ3v) is 2.47. The van der Waals surface area contributed by atoms with Gasteiger partial charge in [-0.2, -0.15) is 0 Å². The molecule has 0 radical (unpaired) electrons. The van der Waals surface area contributed by atoms with Crippen molar-refractivity contribution >= 4 is 11.6 Å². The highest BCUT2D eigenvalue weighted by Crippen LogP contribution is 2.21. The molecule has 0 bridgehead atoms. The van der Waals surface area contributed by atoms with Gasteiger partial charge in [0, 0.05) is 11.1 Å². The monoisotopic (exact) mass is 197 g/mol. The lowest BCUT2D eigenvalue weighted by Gasteiger charge is -2.11. The summed E-state index contributed by atoms with van der Waals surface area (Å²) in [5, 5.41) is 0.862. The van der Waals surface area contributed by atoms with E-state index in [9.17, 15) is 0 Å². The number of hydrogen-bond acceptors (Lipinski definition) is 1. The molecule has 0 amide bonds. The van der Waals surface area contributed by atoms with Crippen molar-refractivity contribution in [1.82, 2.24) is 0 Å². The van der Waals surface area contributed by atoms with Crippen molar-refractivity contribution in [2.75, 3.05) is 0 Å². The summed E-state index contributed by atoms with van der Waals surface area (Å²) in [4.78, 5) is 0. The van der Waals surface area contributed by atoms with Crippen LogP contribution in [-0.4, -0.2) is 6.04 Å². The maximum absolute atomic E-state index is 6.07. The summed E-state index contributed by atoms with van der Waals surface area (Å²) < 4.78 is 0. The third kappa shape index (κ3) is 2.71. The van der Waals surface area contributed by atoms with Crippen molar-refractivity contribution in [3.05, 3.63) is 34.3 Å². The molecule has 13 heavy (non-hydrogen) atoms. The van der Waals surface area contributed by atoms with Crippen LogP contribution in [0, 0.1) is 0 Å². The Morgan fingerprint density at radius 2 is 2.15 bits per heavy atom. The minimum absolute atomic E-state index is 0.198. The van der Waals surface area contributed by atoms with E-state index < -0.39 is 0 Å². The molecule has 2 N–H and O–H groups in total. The molecular weight excluding hydrogens is 182 g/mol. The topological polar surface area (TPSA) is 26.0 Å². The SMILES string of the molecule is CCc1c(Cl)cccc1CC(C)N. The molecule has 0 aliphatic carbocycles. The van der Waals surface area contributed by atoms with Gasteiger partial charge in [-0.25, -0.2) is 0 Å². The average Bonchev–Trinajstić information content (AvgIpc) is 2.03. The number of halogens is 1. The Kier molecular flexibility index (Phi) is 3.76. The Bertz CT molecular complexity index is 281. The van der Waals surface area contributed by atoms with Crippen LogP contribution in [0.25, 0.3) is 0 Å². The molecule has 0 heterocycles. The Balaban J connectivity index is 2.98. The highest BCUT2D eigenvalue weighted by molar-refractivity contribution is 6.31. The van der Waals surface area contributed by atoms with Gasteiger partial charge in [-0.15, -0.1) is 0 Å².